The van der Waals surface area contributed by atoms with Crippen LogP contribution in [0.5, 0.6) is 0 Å². The molecule has 0 aromatic carbocycles. The average molecular weight is 295 g/mol. The van der Waals surface area contributed by atoms with Crippen molar-refractivity contribution in [3.8, 4) is 0 Å². The normalized spacial score (nSPS) is 17.9. The minimum absolute atomic E-state index is 0. The first kappa shape index (κ1) is 18.6. The van der Waals surface area contributed by atoms with Crippen molar-refractivity contribution in [2.45, 2.75) is 32.7 Å². The summed E-state index contributed by atoms with van der Waals surface area (Å²) in [6.07, 6.45) is 2.00. The Morgan fingerprint density at radius 1 is 1.32 bits per heavy atom. The van der Waals surface area contributed by atoms with Crippen molar-refractivity contribution in [3.63, 3.8) is 0 Å². The lowest BCUT2D eigenvalue weighted by Crippen LogP contribution is -2.43. The number of halogens is 1. The van der Waals surface area contributed by atoms with Crippen LogP contribution in [0, 0.1) is 5.92 Å². The molecule has 1 fully saturated rings. The van der Waals surface area contributed by atoms with Crippen molar-refractivity contribution in [1.29, 1.82) is 0 Å². The molecule has 1 heterocycles. The summed E-state index contributed by atoms with van der Waals surface area (Å²) in [6.45, 7) is 7.47. The molecule has 1 saturated heterocycles. The van der Waals surface area contributed by atoms with Crippen LogP contribution in [0.25, 0.3) is 0 Å². The molecule has 6 heteroatoms. The van der Waals surface area contributed by atoms with Crippen molar-refractivity contribution in [2.75, 3.05) is 39.5 Å². The van der Waals surface area contributed by atoms with Crippen molar-refractivity contribution in [3.05, 3.63) is 0 Å². The highest BCUT2D eigenvalue weighted by atomic mass is 35.5. The summed E-state index contributed by atoms with van der Waals surface area (Å²) in [6, 6.07) is 0.227. The van der Waals surface area contributed by atoms with Crippen LogP contribution in [0.1, 0.15) is 26.7 Å². The molecular weight excluding hydrogens is 268 g/mol. The van der Waals surface area contributed by atoms with Crippen LogP contribution in [-0.4, -0.2) is 56.4 Å². The highest BCUT2D eigenvalue weighted by Gasteiger charge is 2.24. The van der Waals surface area contributed by atoms with Crippen molar-refractivity contribution in [1.82, 2.24) is 4.90 Å². The van der Waals surface area contributed by atoms with Crippen LogP contribution in [0.4, 0.5) is 0 Å². The Morgan fingerprint density at radius 3 is 2.42 bits per heavy atom. The molecule has 2 N–H and O–H groups in total. The number of amides is 1. The van der Waals surface area contributed by atoms with Gasteiger partial charge in [0.05, 0.1) is 13.2 Å². The average Bonchev–Trinajstić information content (AvgIpc) is 2.38. The lowest BCUT2D eigenvalue weighted by molar-refractivity contribution is -0.138. The summed E-state index contributed by atoms with van der Waals surface area (Å²) in [5, 5.41) is 0. The van der Waals surface area contributed by atoms with Crippen LogP contribution < -0.4 is 5.73 Å². The summed E-state index contributed by atoms with van der Waals surface area (Å²) in [5.74, 6) is 0.627. The monoisotopic (exact) mass is 294 g/mol. The zero-order valence-corrected chi connectivity index (χ0v) is 12.8. The summed E-state index contributed by atoms with van der Waals surface area (Å²) < 4.78 is 10.4. The van der Waals surface area contributed by atoms with E-state index in [2.05, 4.69) is 0 Å². The van der Waals surface area contributed by atoms with E-state index < -0.39 is 0 Å². The Bertz CT molecular complexity index is 244. The van der Waals surface area contributed by atoms with Gasteiger partial charge in [0.1, 0.15) is 6.61 Å². The molecule has 1 aliphatic heterocycles. The number of nitrogens with two attached hydrogens (primary N) is 1. The molecule has 114 valence electrons. The van der Waals surface area contributed by atoms with Crippen LogP contribution in [-0.2, 0) is 14.3 Å². The number of nitrogens with zero attached hydrogens (tertiary/aromatic N) is 1. The van der Waals surface area contributed by atoms with Crippen LogP contribution in [0.2, 0.25) is 0 Å². The molecular formula is C13H27ClN2O3. The van der Waals surface area contributed by atoms with Gasteiger partial charge in [-0.3, -0.25) is 4.79 Å². The molecule has 0 bridgehead atoms. The van der Waals surface area contributed by atoms with Gasteiger partial charge in [-0.25, -0.2) is 0 Å². The molecule has 1 amide bonds. The van der Waals surface area contributed by atoms with E-state index in [9.17, 15) is 4.79 Å². The van der Waals surface area contributed by atoms with Gasteiger partial charge in [-0.15, -0.1) is 12.4 Å². The van der Waals surface area contributed by atoms with Gasteiger partial charge in [0.2, 0.25) is 5.91 Å². The van der Waals surface area contributed by atoms with Crippen molar-refractivity contribution < 1.29 is 14.3 Å². The molecule has 1 atom stereocenters. The number of carbonyl (C=O) groups is 1. The molecule has 19 heavy (non-hydrogen) atoms. The molecule has 0 aromatic heterocycles. The van der Waals surface area contributed by atoms with Crippen molar-refractivity contribution in [2.24, 2.45) is 11.7 Å². The predicted octanol–water partition coefficient (Wildman–Crippen LogP) is 1.05. The predicted molar refractivity (Wildman–Crippen MR) is 77.5 cm³/mol. The van der Waals surface area contributed by atoms with Gasteiger partial charge in [-0.05, 0) is 32.6 Å². The van der Waals surface area contributed by atoms with E-state index in [1.165, 1.54) is 0 Å². The van der Waals surface area contributed by atoms with Crippen LogP contribution in [0.3, 0.4) is 0 Å². The van der Waals surface area contributed by atoms with E-state index in [1.807, 2.05) is 18.7 Å². The van der Waals surface area contributed by atoms with E-state index in [0.29, 0.717) is 25.7 Å². The van der Waals surface area contributed by atoms with E-state index >= 15 is 0 Å². The van der Waals surface area contributed by atoms with Gasteiger partial charge >= 0.3 is 0 Å². The number of piperidine rings is 1. The fourth-order valence-corrected chi connectivity index (χ4v) is 2.19. The quantitative estimate of drug-likeness (QED) is 0.713. The zero-order chi connectivity index (χ0) is 13.4. The van der Waals surface area contributed by atoms with Gasteiger partial charge in [0, 0.05) is 25.7 Å². The molecule has 0 aliphatic carbocycles. The second kappa shape index (κ2) is 10.4. The van der Waals surface area contributed by atoms with E-state index in [4.69, 9.17) is 15.2 Å². The van der Waals surface area contributed by atoms with E-state index in [1.54, 1.807) is 0 Å². The number of hydrogen-bond donors (Lipinski definition) is 1. The molecule has 1 rings (SSSR count). The highest BCUT2D eigenvalue weighted by molar-refractivity contribution is 5.85. The number of rotatable bonds is 7. The lowest BCUT2D eigenvalue weighted by atomic mass is 9.91. The van der Waals surface area contributed by atoms with Crippen molar-refractivity contribution >= 4 is 18.3 Å². The lowest BCUT2D eigenvalue weighted by Gasteiger charge is -2.33. The van der Waals surface area contributed by atoms with E-state index in [0.717, 1.165) is 25.9 Å². The smallest absolute Gasteiger partial charge is 0.248 e. The Labute approximate surface area is 122 Å². The standard InChI is InChI=1S/C13H26N2O3.ClH/c1-3-17-8-9-18-10-13(16)15-6-4-12(5-7-15)11(2)14;/h11-12H,3-10,14H2,1-2H3;1H. The third-order valence-electron chi connectivity index (χ3n) is 3.44. The second-order valence-corrected chi connectivity index (χ2v) is 4.83. The Hall–Kier alpha value is -0.360. The Balaban J connectivity index is 0.00000324. The topological polar surface area (TPSA) is 64.8 Å². The molecule has 0 spiro atoms. The maximum Gasteiger partial charge on any atom is 0.248 e. The summed E-state index contributed by atoms with van der Waals surface area (Å²) >= 11 is 0. The first-order chi connectivity index (χ1) is 8.65. The molecule has 0 aromatic rings. The van der Waals surface area contributed by atoms with Crippen LogP contribution in [0.15, 0.2) is 0 Å². The van der Waals surface area contributed by atoms with E-state index in [-0.39, 0.29) is 31.0 Å². The minimum atomic E-state index is 0. The number of ether oxygens (including phenoxy) is 2. The molecule has 5 nitrogen and oxygen atoms in total. The number of carbonyl (C=O) groups excluding carboxylic acids is 1. The van der Waals surface area contributed by atoms with Gasteiger partial charge in [0.15, 0.2) is 0 Å². The maximum atomic E-state index is 11.8. The third kappa shape index (κ3) is 7.11. The fraction of sp³-hybridized carbons (Fsp3) is 0.923. The molecule has 0 saturated carbocycles. The first-order valence-electron chi connectivity index (χ1n) is 6.84. The van der Waals surface area contributed by atoms with Gasteiger partial charge < -0.3 is 20.1 Å². The summed E-state index contributed by atoms with van der Waals surface area (Å²) in [5.41, 5.74) is 5.87. The summed E-state index contributed by atoms with van der Waals surface area (Å²) in [7, 11) is 0. The molecule has 1 unspecified atom stereocenters. The third-order valence-corrected chi connectivity index (χ3v) is 3.44. The van der Waals surface area contributed by atoms with Gasteiger partial charge in [-0.1, -0.05) is 0 Å². The first-order valence-corrected chi connectivity index (χ1v) is 6.84. The number of likely N-dealkylation sites (tertiary alicyclic amines) is 1. The Morgan fingerprint density at radius 2 is 1.89 bits per heavy atom. The van der Waals surface area contributed by atoms with Gasteiger partial charge in [-0.2, -0.15) is 0 Å². The SMILES string of the molecule is CCOCCOCC(=O)N1CCC(C(C)N)CC1.Cl. The minimum Gasteiger partial charge on any atom is -0.379 e. The molecule has 1 aliphatic rings. The Kier molecular flexibility index (Phi) is 10.2. The number of hydrogen-bond acceptors (Lipinski definition) is 4. The zero-order valence-electron chi connectivity index (χ0n) is 12.0. The fourth-order valence-electron chi connectivity index (χ4n) is 2.19. The van der Waals surface area contributed by atoms with Gasteiger partial charge in [0.25, 0.3) is 0 Å². The highest BCUT2D eigenvalue weighted by Crippen LogP contribution is 2.19. The maximum absolute atomic E-state index is 11.8. The second-order valence-electron chi connectivity index (χ2n) is 4.83. The van der Waals surface area contributed by atoms with Crippen LogP contribution >= 0.6 is 12.4 Å². The summed E-state index contributed by atoms with van der Waals surface area (Å²) in [4.78, 5) is 13.7. The largest absolute Gasteiger partial charge is 0.379 e. The molecule has 0 radical (unpaired) electrons.